The molecule has 0 fully saturated rings. The standard InChI is InChI=1S/C21H20N4O3S/c1-29-11-10-17(19-23-15-8-4-5-9-16(15)24-19)22-18(26)12-25-20(27)13-6-2-3-7-14(13)21(25)28/h2-9,17H,10-12H2,1H3,(H,22,26)(H,23,24)/t17-/m0/s1. The van der Waals surface area contributed by atoms with Crippen LogP contribution in [0.3, 0.4) is 0 Å². The molecule has 3 aromatic rings. The predicted octanol–water partition coefficient (Wildman–Crippen LogP) is 2.77. The zero-order valence-electron chi connectivity index (χ0n) is 15.8. The van der Waals surface area contributed by atoms with Crippen LogP contribution in [-0.2, 0) is 4.79 Å². The number of rotatable bonds is 7. The first-order chi connectivity index (χ1) is 14.1. The van der Waals surface area contributed by atoms with Gasteiger partial charge in [0.2, 0.25) is 5.91 Å². The minimum absolute atomic E-state index is 0.317. The Morgan fingerprint density at radius 3 is 2.41 bits per heavy atom. The predicted molar refractivity (Wildman–Crippen MR) is 112 cm³/mol. The molecule has 2 aromatic carbocycles. The molecule has 0 bridgehead atoms. The lowest BCUT2D eigenvalue weighted by Crippen LogP contribution is -2.41. The van der Waals surface area contributed by atoms with Crippen LogP contribution in [0.2, 0.25) is 0 Å². The summed E-state index contributed by atoms with van der Waals surface area (Å²) in [4.78, 5) is 46.5. The summed E-state index contributed by atoms with van der Waals surface area (Å²) in [5.41, 5.74) is 2.39. The molecule has 7 nitrogen and oxygen atoms in total. The fraction of sp³-hybridized carbons (Fsp3) is 0.238. The highest BCUT2D eigenvalue weighted by Crippen LogP contribution is 2.23. The van der Waals surface area contributed by atoms with Gasteiger partial charge in [0.05, 0.1) is 28.2 Å². The second-order valence-corrected chi connectivity index (χ2v) is 7.77. The molecule has 29 heavy (non-hydrogen) atoms. The minimum atomic E-state index is -0.440. The molecule has 0 unspecified atom stereocenters. The van der Waals surface area contributed by atoms with E-state index < -0.39 is 17.7 Å². The van der Waals surface area contributed by atoms with E-state index in [1.807, 2.05) is 30.5 Å². The summed E-state index contributed by atoms with van der Waals surface area (Å²) in [5.74, 6) is 0.215. The number of hydrogen-bond donors (Lipinski definition) is 2. The van der Waals surface area contributed by atoms with E-state index >= 15 is 0 Å². The van der Waals surface area contributed by atoms with Gasteiger partial charge in [-0.25, -0.2) is 4.98 Å². The summed E-state index contributed by atoms with van der Waals surface area (Å²) in [6, 6.07) is 13.9. The van der Waals surface area contributed by atoms with Crippen LogP contribution in [0.1, 0.15) is 39.0 Å². The smallest absolute Gasteiger partial charge is 0.262 e. The van der Waals surface area contributed by atoms with Gasteiger partial charge in [0.1, 0.15) is 12.4 Å². The van der Waals surface area contributed by atoms with Crippen molar-refractivity contribution in [3.63, 3.8) is 0 Å². The van der Waals surface area contributed by atoms with E-state index in [9.17, 15) is 14.4 Å². The van der Waals surface area contributed by atoms with Crippen molar-refractivity contribution in [3.8, 4) is 0 Å². The number of imidazole rings is 1. The van der Waals surface area contributed by atoms with Crippen LogP contribution in [0.4, 0.5) is 0 Å². The fourth-order valence-electron chi connectivity index (χ4n) is 3.42. The Labute approximate surface area is 171 Å². The monoisotopic (exact) mass is 408 g/mol. The molecule has 1 aliphatic rings. The number of aromatic nitrogens is 2. The first kappa shape index (κ1) is 19.2. The largest absolute Gasteiger partial charge is 0.345 e. The van der Waals surface area contributed by atoms with Crippen LogP contribution in [-0.4, -0.2) is 51.1 Å². The molecule has 2 N–H and O–H groups in total. The summed E-state index contributed by atoms with van der Waals surface area (Å²) in [6.07, 6.45) is 2.67. The van der Waals surface area contributed by atoms with Crippen molar-refractivity contribution in [1.82, 2.24) is 20.2 Å². The number of amides is 3. The molecule has 0 saturated carbocycles. The minimum Gasteiger partial charge on any atom is -0.345 e. The Kier molecular flexibility index (Phi) is 5.35. The Morgan fingerprint density at radius 1 is 1.10 bits per heavy atom. The summed E-state index contributed by atoms with van der Waals surface area (Å²) in [6.45, 7) is -0.317. The maximum absolute atomic E-state index is 12.7. The van der Waals surface area contributed by atoms with E-state index in [0.29, 0.717) is 23.4 Å². The Morgan fingerprint density at radius 2 is 1.76 bits per heavy atom. The summed E-state index contributed by atoms with van der Waals surface area (Å²) in [7, 11) is 0. The number of benzene rings is 2. The lowest BCUT2D eigenvalue weighted by atomic mass is 10.1. The second kappa shape index (κ2) is 8.08. The molecule has 1 atom stereocenters. The molecular formula is C21H20N4O3S. The molecular weight excluding hydrogens is 388 g/mol. The molecule has 0 spiro atoms. The number of para-hydroxylation sites is 2. The highest BCUT2D eigenvalue weighted by atomic mass is 32.2. The van der Waals surface area contributed by atoms with Crippen LogP contribution in [0, 0.1) is 0 Å². The van der Waals surface area contributed by atoms with E-state index in [0.717, 1.165) is 21.7 Å². The molecule has 4 rings (SSSR count). The van der Waals surface area contributed by atoms with Crippen molar-refractivity contribution in [2.75, 3.05) is 18.6 Å². The molecule has 0 aliphatic carbocycles. The van der Waals surface area contributed by atoms with E-state index in [4.69, 9.17) is 0 Å². The maximum atomic E-state index is 12.7. The van der Waals surface area contributed by atoms with Crippen molar-refractivity contribution in [2.24, 2.45) is 0 Å². The summed E-state index contributed by atoms with van der Waals surface area (Å²) < 4.78 is 0. The van der Waals surface area contributed by atoms with Crippen LogP contribution >= 0.6 is 11.8 Å². The molecule has 0 radical (unpaired) electrons. The van der Waals surface area contributed by atoms with E-state index in [-0.39, 0.29) is 12.6 Å². The third kappa shape index (κ3) is 3.75. The van der Waals surface area contributed by atoms with Gasteiger partial charge < -0.3 is 10.3 Å². The van der Waals surface area contributed by atoms with Gasteiger partial charge >= 0.3 is 0 Å². The quantitative estimate of drug-likeness (QED) is 0.586. The number of aromatic amines is 1. The van der Waals surface area contributed by atoms with Crippen LogP contribution in [0.15, 0.2) is 48.5 Å². The summed E-state index contributed by atoms with van der Waals surface area (Å²) >= 11 is 1.67. The van der Waals surface area contributed by atoms with Gasteiger partial charge in [0.15, 0.2) is 0 Å². The summed E-state index contributed by atoms with van der Waals surface area (Å²) in [5, 5.41) is 2.93. The average Bonchev–Trinajstić information content (AvgIpc) is 3.27. The number of imide groups is 1. The molecule has 1 aromatic heterocycles. The Hall–Kier alpha value is -3.13. The van der Waals surface area contributed by atoms with Gasteiger partial charge in [-0.05, 0) is 42.7 Å². The first-order valence-electron chi connectivity index (χ1n) is 9.26. The Bertz CT molecular complexity index is 1030. The van der Waals surface area contributed by atoms with Gasteiger partial charge in [0, 0.05) is 0 Å². The van der Waals surface area contributed by atoms with Gasteiger partial charge in [0.25, 0.3) is 11.8 Å². The van der Waals surface area contributed by atoms with E-state index in [2.05, 4.69) is 15.3 Å². The molecule has 148 valence electrons. The third-order valence-electron chi connectivity index (χ3n) is 4.86. The molecule has 8 heteroatoms. The molecule has 3 amide bonds. The zero-order valence-corrected chi connectivity index (χ0v) is 16.7. The number of carbonyl (C=O) groups excluding carboxylic acids is 3. The van der Waals surface area contributed by atoms with Crippen LogP contribution < -0.4 is 5.32 Å². The number of hydrogen-bond acceptors (Lipinski definition) is 5. The Balaban J connectivity index is 1.50. The van der Waals surface area contributed by atoms with Crippen molar-refractivity contribution < 1.29 is 14.4 Å². The van der Waals surface area contributed by atoms with Gasteiger partial charge in [-0.1, -0.05) is 24.3 Å². The van der Waals surface area contributed by atoms with Crippen molar-refractivity contribution in [3.05, 3.63) is 65.5 Å². The van der Waals surface area contributed by atoms with Crippen molar-refractivity contribution in [2.45, 2.75) is 12.5 Å². The lowest BCUT2D eigenvalue weighted by Gasteiger charge is -2.19. The zero-order chi connectivity index (χ0) is 20.4. The van der Waals surface area contributed by atoms with Crippen LogP contribution in [0.25, 0.3) is 11.0 Å². The van der Waals surface area contributed by atoms with E-state index in [1.54, 1.807) is 36.0 Å². The first-order valence-corrected chi connectivity index (χ1v) is 10.7. The maximum Gasteiger partial charge on any atom is 0.262 e. The van der Waals surface area contributed by atoms with Gasteiger partial charge in [-0.2, -0.15) is 11.8 Å². The fourth-order valence-corrected chi connectivity index (χ4v) is 3.89. The number of carbonyl (C=O) groups is 3. The average molecular weight is 408 g/mol. The van der Waals surface area contributed by atoms with E-state index in [1.165, 1.54) is 0 Å². The number of fused-ring (bicyclic) bond motifs is 2. The van der Waals surface area contributed by atoms with Crippen LogP contribution in [0.5, 0.6) is 0 Å². The topological polar surface area (TPSA) is 95.2 Å². The molecule has 2 heterocycles. The molecule has 1 aliphatic heterocycles. The number of nitrogens with one attached hydrogen (secondary N) is 2. The van der Waals surface area contributed by atoms with Crippen molar-refractivity contribution in [1.29, 1.82) is 0 Å². The highest BCUT2D eigenvalue weighted by Gasteiger charge is 2.36. The second-order valence-electron chi connectivity index (χ2n) is 6.78. The SMILES string of the molecule is CSCC[C@H](NC(=O)CN1C(=O)c2ccccc2C1=O)c1nc2ccccc2[nH]1. The number of H-pyrrole nitrogens is 1. The van der Waals surface area contributed by atoms with Crippen molar-refractivity contribution >= 4 is 40.5 Å². The highest BCUT2D eigenvalue weighted by molar-refractivity contribution is 7.98. The lowest BCUT2D eigenvalue weighted by molar-refractivity contribution is -0.122. The van der Waals surface area contributed by atoms with Gasteiger partial charge in [-0.15, -0.1) is 0 Å². The normalized spacial score (nSPS) is 14.3. The third-order valence-corrected chi connectivity index (χ3v) is 5.51. The molecule has 0 saturated heterocycles. The number of thioether (sulfide) groups is 1. The number of nitrogens with zero attached hydrogens (tertiary/aromatic N) is 2. The van der Waals surface area contributed by atoms with Gasteiger partial charge in [-0.3, -0.25) is 19.3 Å².